The quantitative estimate of drug-likeness (QED) is 0.756. The summed E-state index contributed by atoms with van der Waals surface area (Å²) in [6.45, 7) is -3.00. The van der Waals surface area contributed by atoms with Crippen LogP contribution in [0.4, 0.5) is 23.7 Å². The Morgan fingerprint density at radius 3 is 2.29 bits per heavy atom. The Labute approximate surface area is 136 Å². The van der Waals surface area contributed by atoms with Crippen LogP contribution in [-0.2, 0) is 0 Å². The minimum atomic E-state index is -2.92. The Morgan fingerprint density at radius 2 is 1.71 bits per heavy atom. The van der Waals surface area contributed by atoms with Crippen LogP contribution in [-0.4, -0.2) is 24.3 Å². The number of amides is 2. The maximum Gasteiger partial charge on any atom is 0.387 e. The van der Waals surface area contributed by atoms with Crippen LogP contribution in [0.25, 0.3) is 0 Å². The van der Waals surface area contributed by atoms with Gasteiger partial charge in [-0.2, -0.15) is 8.78 Å². The third kappa shape index (κ3) is 5.47. The van der Waals surface area contributed by atoms with Crippen molar-refractivity contribution in [2.75, 3.05) is 11.9 Å². The number of aliphatic hydroxyl groups is 1. The standard InChI is InChI=1S/C16H15F3N2O3/c17-11-3-1-10(2-4-11)14(22)9-20-16(23)21-12-5-7-13(8-6-12)24-15(18)19/h1-8,14-15,22H,9H2,(H2,20,21,23). The molecular formula is C16H15F3N2O3. The Hall–Kier alpha value is -2.74. The molecule has 2 rings (SSSR count). The molecule has 8 heteroatoms. The van der Waals surface area contributed by atoms with Crippen LogP contribution in [0.5, 0.6) is 5.75 Å². The molecule has 0 fully saturated rings. The number of ether oxygens (including phenoxy) is 1. The van der Waals surface area contributed by atoms with E-state index in [4.69, 9.17) is 0 Å². The number of hydrogen-bond donors (Lipinski definition) is 3. The van der Waals surface area contributed by atoms with E-state index in [9.17, 15) is 23.1 Å². The number of alkyl halides is 2. The molecule has 24 heavy (non-hydrogen) atoms. The molecule has 0 aliphatic carbocycles. The van der Waals surface area contributed by atoms with Crippen molar-refractivity contribution in [1.82, 2.24) is 5.32 Å². The van der Waals surface area contributed by atoms with Gasteiger partial charge in [-0.1, -0.05) is 12.1 Å². The van der Waals surface area contributed by atoms with Gasteiger partial charge < -0.3 is 20.5 Å². The fraction of sp³-hybridized carbons (Fsp3) is 0.188. The summed E-state index contributed by atoms with van der Waals surface area (Å²) in [6, 6.07) is 10.0. The molecule has 0 radical (unpaired) electrons. The van der Waals surface area contributed by atoms with E-state index in [2.05, 4.69) is 15.4 Å². The zero-order chi connectivity index (χ0) is 17.5. The van der Waals surface area contributed by atoms with E-state index in [1.807, 2.05) is 0 Å². The number of hydrogen-bond acceptors (Lipinski definition) is 3. The van der Waals surface area contributed by atoms with E-state index in [0.29, 0.717) is 11.3 Å². The topological polar surface area (TPSA) is 70.6 Å². The molecule has 0 aliphatic rings. The molecule has 2 aromatic rings. The van der Waals surface area contributed by atoms with Crippen molar-refractivity contribution >= 4 is 11.7 Å². The zero-order valence-corrected chi connectivity index (χ0v) is 12.4. The minimum Gasteiger partial charge on any atom is -0.435 e. The lowest BCUT2D eigenvalue weighted by molar-refractivity contribution is -0.0498. The van der Waals surface area contributed by atoms with Gasteiger partial charge in [-0.15, -0.1) is 0 Å². The number of anilines is 1. The van der Waals surface area contributed by atoms with Gasteiger partial charge in [0.05, 0.1) is 6.10 Å². The first-order chi connectivity index (χ1) is 11.4. The van der Waals surface area contributed by atoms with E-state index in [-0.39, 0.29) is 12.3 Å². The summed E-state index contributed by atoms with van der Waals surface area (Å²) in [5.41, 5.74) is 0.829. The number of rotatable bonds is 6. The molecule has 2 aromatic carbocycles. The minimum absolute atomic E-state index is 0.0253. The van der Waals surface area contributed by atoms with Gasteiger partial charge in [0, 0.05) is 12.2 Å². The van der Waals surface area contributed by atoms with Crippen molar-refractivity contribution in [1.29, 1.82) is 0 Å². The molecule has 0 saturated carbocycles. The molecular weight excluding hydrogens is 325 g/mol. The highest BCUT2D eigenvalue weighted by Crippen LogP contribution is 2.17. The van der Waals surface area contributed by atoms with Crippen molar-refractivity contribution in [3.8, 4) is 5.75 Å². The van der Waals surface area contributed by atoms with E-state index in [1.54, 1.807) is 0 Å². The lowest BCUT2D eigenvalue weighted by Gasteiger charge is -2.13. The molecule has 2 amide bonds. The summed E-state index contributed by atoms with van der Waals surface area (Å²) in [5.74, 6) is -0.446. The molecule has 0 bridgehead atoms. The summed E-state index contributed by atoms with van der Waals surface area (Å²) < 4.78 is 41.0. The first kappa shape index (κ1) is 17.6. The van der Waals surface area contributed by atoms with Gasteiger partial charge in [-0.25, -0.2) is 9.18 Å². The third-order valence-electron chi connectivity index (χ3n) is 3.05. The molecule has 1 unspecified atom stereocenters. The third-order valence-corrected chi connectivity index (χ3v) is 3.05. The Morgan fingerprint density at radius 1 is 1.08 bits per heavy atom. The zero-order valence-electron chi connectivity index (χ0n) is 12.4. The van der Waals surface area contributed by atoms with E-state index in [0.717, 1.165) is 0 Å². The molecule has 1 atom stereocenters. The van der Waals surface area contributed by atoms with Crippen molar-refractivity contribution in [3.63, 3.8) is 0 Å². The lowest BCUT2D eigenvalue weighted by Crippen LogP contribution is -2.32. The highest BCUT2D eigenvalue weighted by atomic mass is 19.3. The van der Waals surface area contributed by atoms with E-state index in [1.165, 1.54) is 48.5 Å². The lowest BCUT2D eigenvalue weighted by atomic mass is 10.1. The molecule has 5 nitrogen and oxygen atoms in total. The summed E-state index contributed by atoms with van der Waals surface area (Å²) in [5, 5.41) is 14.8. The van der Waals surface area contributed by atoms with E-state index >= 15 is 0 Å². The molecule has 0 aliphatic heterocycles. The second kappa shape index (κ2) is 8.21. The number of halogens is 3. The summed E-state index contributed by atoms with van der Waals surface area (Å²) >= 11 is 0. The Bertz CT molecular complexity index is 663. The Balaban J connectivity index is 1.81. The second-order valence-electron chi connectivity index (χ2n) is 4.81. The SMILES string of the molecule is O=C(NCC(O)c1ccc(F)cc1)Nc1ccc(OC(F)F)cc1. The van der Waals surface area contributed by atoms with Crippen molar-refractivity contribution < 1.29 is 27.8 Å². The highest BCUT2D eigenvalue weighted by Gasteiger charge is 2.10. The smallest absolute Gasteiger partial charge is 0.387 e. The van der Waals surface area contributed by atoms with Crippen LogP contribution in [0.2, 0.25) is 0 Å². The molecule has 0 saturated heterocycles. The predicted molar refractivity (Wildman–Crippen MR) is 81.5 cm³/mol. The van der Waals surface area contributed by atoms with Crippen LogP contribution in [0.1, 0.15) is 11.7 Å². The van der Waals surface area contributed by atoms with Crippen molar-refractivity contribution in [2.45, 2.75) is 12.7 Å². The monoisotopic (exact) mass is 340 g/mol. The van der Waals surface area contributed by atoms with Crippen LogP contribution in [0.15, 0.2) is 48.5 Å². The number of benzene rings is 2. The van der Waals surface area contributed by atoms with Crippen LogP contribution < -0.4 is 15.4 Å². The molecule has 128 valence electrons. The first-order valence-electron chi connectivity index (χ1n) is 6.97. The second-order valence-corrected chi connectivity index (χ2v) is 4.81. The van der Waals surface area contributed by atoms with Crippen molar-refractivity contribution in [3.05, 3.63) is 59.9 Å². The number of carbonyl (C=O) groups is 1. The molecule has 0 spiro atoms. The fourth-order valence-electron chi connectivity index (χ4n) is 1.89. The normalized spacial score (nSPS) is 11.9. The van der Waals surface area contributed by atoms with Gasteiger partial charge in [0.25, 0.3) is 0 Å². The number of urea groups is 1. The number of aliphatic hydroxyl groups excluding tert-OH is 1. The van der Waals surface area contributed by atoms with Crippen LogP contribution >= 0.6 is 0 Å². The van der Waals surface area contributed by atoms with Crippen LogP contribution in [0, 0.1) is 5.82 Å². The van der Waals surface area contributed by atoms with Crippen molar-refractivity contribution in [2.24, 2.45) is 0 Å². The number of nitrogens with one attached hydrogen (secondary N) is 2. The van der Waals surface area contributed by atoms with Gasteiger partial charge in [0.2, 0.25) is 0 Å². The number of carbonyl (C=O) groups excluding carboxylic acids is 1. The van der Waals surface area contributed by atoms with E-state index < -0.39 is 24.6 Å². The van der Waals surface area contributed by atoms with Gasteiger partial charge in [-0.3, -0.25) is 0 Å². The largest absolute Gasteiger partial charge is 0.435 e. The maximum absolute atomic E-state index is 12.8. The summed E-state index contributed by atoms with van der Waals surface area (Å²) in [4.78, 5) is 11.7. The van der Waals surface area contributed by atoms with Crippen LogP contribution in [0.3, 0.4) is 0 Å². The highest BCUT2D eigenvalue weighted by molar-refractivity contribution is 5.89. The molecule has 0 aromatic heterocycles. The van der Waals surface area contributed by atoms with Gasteiger partial charge in [-0.05, 0) is 42.0 Å². The van der Waals surface area contributed by atoms with Gasteiger partial charge in [0.15, 0.2) is 0 Å². The first-order valence-corrected chi connectivity index (χ1v) is 6.97. The van der Waals surface area contributed by atoms with Gasteiger partial charge >= 0.3 is 12.6 Å². The summed E-state index contributed by atoms with van der Waals surface area (Å²) in [7, 11) is 0. The Kier molecular flexibility index (Phi) is 6.02. The fourth-order valence-corrected chi connectivity index (χ4v) is 1.89. The average molecular weight is 340 g/mol. The average Bonchev–Trinajstić information content (AvgIpc) is 2.54. The maximum atomic E-state index is 12.8. The molecule has 3 N–H and O–H groups in total. The predicted octanol–water partition coefficient (Wildman–Crippen LogP) is 3.28. The summed E-state index contributed by atoms with van der Waals surface area (Å²) in [6.07, 6.45) is -0.988. The van der Waals surface area contributed by atoms with Gasteiger partial charge in [0.1, 0.15) is 11.6 Å². The molecule has 0 heterocycles.